The summed E-state index contributed by atoms with van der Waals surface area (Å²) >= 11 is 1.57. The van der Waals surface area contributed by atoms with Gasteiger partial charge in [0.05, 0.1) is 13.2 Å². The van der Waals surface area contributed by atoms with Crippen molar-refractivity contribution in [1.29, 1.82) is 0 Å². The van der Waals surface area contributed by atoms with E-state index in [1.54, 1.807) is 36.0 Å². The number of aliphatic hydroxyl groups is 1. The molecule has 0 aromatic heterocycles. The van der Waals surface area contributed by atoms with Gasteiger partial charge in [0.2, 0.25) is 5.78 Å². The van der Waals surface area contributed by atoms with Gasteiger partial charge in [-0.15, -0.1) is 0 Å². The second-order valence-electron chi connectivity index (χ2n) is 4.25. The predicted molar refractivity (Wildman–Crippen MR) is 75.7 cm³/mol. The van der Waals surface area contributed by atoms with E-state index in [1.165, 1.54) is 0 Å². The highest BCUT2D eigenvalue weighted by Crippen LogP contribution is 2.20. The standard InChI is InChI=1S/C14H17F3O3S/c15-14(16,17)13(19)6-3-11-1-4-12(5-2-11)20-8-10-21-9-7-18/h1-2,4-5,18H,3,6-10H2. The monoisotopic (exact) mass is 322 g/mol. The summed E-state index contributed by atoms with van der Waals surface area (Å²) in [4.78, 5) is 10.8. The Morgan fingerprint density at radius 3 is 2.43 bits per heavy atom. The fourth-order valence-electron chi connectivity index (χ4n) is 1.54. The van der Waals surface area contributed by atoms with Crippen LogP contribution in [0.5, 0.6) is 5.75 Å². The molecule has 0 aliphatic carbocycles. The van der Waals surface area contributed by atoms with Crippen LogP contribution >= 0.6 is 11.8 Å². The van der Waals surface area contributed by atoms with E-state index in [4.69, 9.17) is 9.84 Å². The molecular weight excluding hydrogens is 305 g/mol. The molecule has 3 nitrogen and oxygen atoms in total. The topological polar surface area (TPSA) is 46.5 Å². The molecule has 0 spiro atoms. The molecule has 1 aromatic rings. The lowest BCUT2D eigenvalue weighted by Crippen LogP contribution is -2.22. The Morgan fingerprint density at radius 2 is 1.86 bits per heavy atom. The molecular formula is C14H17F3O3S. The molecule has 1 N–H and O–H groups in total. The number of benzene rings is 1. The van der Waals surface area contributed by atoms with Crippen molar-refractivity contribution >= 4 is 17.5 Å². The summed E-state index contributed by atoms with van der Waals surface area (Å²) in [5, 5.41) is 8.60. The highest BCUT2D eigenvalue weighted by atomic mass is 32.2. The number of ether oxygens (including phenoxy) is 1. The second kappa shape index (κ2) is 8.94. The van der Waals surface area contributed by atoms with Crippen LogP contribution in [0.4, 0.5) is 13.2 Å². The number of Topliss-reactive ketones (excluding diaryl/α,β-unsaturated/α-hetero) is 1. The molecule has 7 heteroatoms. The third-order valence-electron chi connectivity index (χ3n) is 2.61. The molecule has 1 rings (SSSR count). The quantitative estimate of drug-likeness (QED) is 0.710. The molecule has 0 saturated heterocycles. The van der Waals surface area contributed by atoms with Gasteiger partial charge in [0.1, 0.15) is 5.75 Å². The number of thioether (sulfide) groups is 1. The summed E-state index contributed by atoms with van der Waals surface area (Å²) in [5.74, 6) is 0.340. The van der Waals surface area contributed by atoms with E-state index in [-0.39, 0.29) is 13.0 Å². The van der Waals surface area contributed by atoms with Crippen LogP contribution in [0.15, 0.2) is 24.3 Å². The number of aliphatic hydroxyl groups excluding tert-OH is 1. The van der Waals surface area contributed by atoms with Gasteiger partial charge in [0, 0.05) is 17.9 Å². The summed E-state index contributed by atoms with van der Waals surface area (Å²) < 4.78 is 41.6. The Hall–Kier alpha value is -1.21. The fraction of sp³-hybridized carbons (Fsp3) is 0.500. The van der Waals surface area contributed by atoms with Crippen LogP contribution in [0.25, 0.3) is 0 Å². The summed E-state index contributed by atoms with van der Waals surface area (Å²) in [7, 11) is 0. The molecule has 0 aliphatic heterocycles. The van der Waals surface area contributed by atoms with Crippen molar-refractivity contribution < 1.29 is 27.8 Å². The maximum absolute atomic E-state index is 12.1. The SMILES string of the molecule is O=C(CCc1ccc(OCCSCCO)cc1)C(F)(F)F. The molecule has 0 saturated carbocycles. The highest BCUT2D eigenvalue weighted by molar-refractivity contribution is 7.99. The van der Waals surface area contributed by atoms with Crippen molar-refractivity contribution in [3.05, 3.63) is 29.8 Å². The first-order valence-corrected chi connectivity index (χ1v) is 7.59. The molecule has 0 heterocycles. The number of hydrogen-bond donors (Lipinski definition) is 1. The molecule has 0 aliphatic rings. The van der Waals surface area contributed by atoms with E-state index in [9.17, 15) is 18.0 Å². The molecule has 118 valence electrons. The largest absolute Gasteiger partial charge is 0.493 e. The Bertz CT molecular complexity index is 432. The number of ketones is 1. The minimum Gasteiger partial charge on any atom is -0.493 e. The summed E-state index contributed by atoms with van der Waals surface area (Å²) in [6.07, 6.45) is -5.23. The third-order valence-corrected chi connectivity index (χ3v) is 3.54. The van der Waals surface area contributed by atoms with Crippen molar-refractivity contribution in [2.45, 2.75) is 19.0 Å². The van der Waals surface area contributed by atoms with Gasteiger partial charge in [-0.05, 0) is 24.1 Å². The van der Waals surface area contributed by atoms with Crippen LogP contribution in [-0.4, -0.2) is 41.8 Å². The third kappa shape index (κ3) is 7.38. The maximum Gasteiger partial charge on any atom is 0.449 e. The average Bonchev–Trinajstić information content (AvgIpc) is 2.44. The van der Waals surface area contributed by atoms with Crippen molar-refractivity contribution in [3.63, 3.8) is 0 Å². The van der Waals surface area contributed by atoms with E-state index in [0.29, 0.717) is 23.7 Å². The Balaban J connectivity index is 2.32. The van der Waals surface area contributed by atoms with Crippen LogP contribution in [0.1, 0.15) is 12.0 Å². The zero-order chi connectivity index (χ0) is 15.7. The molecule has 0 unspecified atom stereocenters. The minimum absolute atomic E-state index is 0.0605. The first-order chi connectivity index (χ1) is 9.93. The van der Waals surface area contributed by atoms with Gasteiger partial charge in [0.25, 0.3) is 0 Å². The van der Waals surface area contributed by atoms with Crippen LogP contribution in [0, 0.1) is 0 Å². The van der Waals surface area contributed by atoms with E-state index in [0.717, 1.165) is 5.75 Å². The Morgan fingerprint density at radius 1 is 1.19 bits per heavy atom. The predicted octanol–water partition coefficient (Wildman–Crippen LogP) is 2.85. The van der Waals surface area contributed by atoms with Crippen LogP contribution in [-0.2, 0) is 11.2 Å². The molecule has 0 bridgehead atoms. The lowest BCUT2D eigenvalue weighted by Gasteiger charge is -2.07. The second-order valence-corrected chi connectivity index (χ2v) is 5.47. The van der Waals surface area contributed by atoms with Gasteiger partial charge in [-0.2, -0.15) is 24.9 Å². The van der Waals surface area contributed by atoms with Gasteiger partial charge < -0.3 is 9.84 Å². The number of carbonyl (C=O) groups excluding carboxylic acids is 1. The van der Waals surface area contributed by atoms with Crippen molar-refractivity contribution in [2.24, 2.45) is 0 Å². The number of carbonyl (C=O) groups is 1. The van der Waals surface area contributed by atoms with Gasteiger partial charge in [0.15, 0.2) is 0 Å². The van der Waals surface area contributed by atoms with Crippen molar-refractivity contribution in [3.8, 4) is 5.75 Å². The van der Waals surface area contributed by atoms with E-state index in [1.807, 2.05) is 0 Å². The number of halogens is 3. The number of aryl methyl sites for hydroxylation is 1. The van der Waals surface area contributed by atoms with Gasteiger partial charge >= 0.3 is 6.18 Å². The normalized spacial score (nSPS) is 11.4. The molecule has 0 fully saturated rings. The van der Waals surface area contributed by atoms with Crippen LogP contribution in [0.3, 0.4) is 0 Å². The lowest BCUT2D eigenvalue weighted by molar-refractivity contribution is -0.171. The average molecular weight is 322 g/mol. The summed E-state index contributed by atoms with van der Waals surface area (Å²) in [6, 6.07) is 6.65. The van der Waals surface area contributed by atoms with E-state index in [2.05, 4.69) is 0 Å². The fourth-order valence-corrected chi connectivity index (χ4v) is 2.07. The number of hydrogen-bond acceptors (Lipinski definition) is 4. The van der Waals surface area contributed by atoms with Gasteiger partial charge in [-0.3, -0.25) is 4.79 Å². The van der Waals surface area contributed by atoms with Crippen LogP contribution in [0.2, 0.25) is 0 Å². The van der Waals surface area contributed by atoms with Crippen LogP contribution < -0.4 is 4.74 Å². The first-order valence-electron chi connectivity index (χ1n) is 6.44. The smallest absolute Gasteiger partial charge is 0.449 e. The van der Waals surface area contributed by atoms with E-state index >= 15 is 0 Å². The molecule has 0 amide bonds. The maximum atomic E-state index is 12.1. The molecule has 1 aromatic carbocycles. The van der Waals surface area contributed by atoms with Crippen molar-refractivity contribution in [1.82, 2.24) is 0 Å². The molecule has 0 atom stereocenters. The number of rotatable bonds is 9. The lowest BCUT2D eigenvalue weighted by atomic mass is 10.1. The molecule has 0 radical (unpaired) electrons. The Labute approximate surface area is 125 Å². The first kappa shape index (κ1) is 17.8. The van der Waals surface area contributed by atoms with Crippen molar-refractivity contribution in [2.75, 3.05) is 24.7 Å². The minimum atomic E-state index is -4.75. The molecule has 21 heavy (non-hydrogen) atoms. The van der Waals surface area contributed by atoms with E-state index < -0.39 is 18.4 Å². The summed E-state index contributed by atoms with van der Waals surface area (Å²) in [5.41, 5.74) is 0.662. The highest BCUT2D eigenvalue weighted by Gasteiger charge is 2.37. The zero-order valence-corrected chi connectivity index (χ0v) is 12.2. The number of alkyl halides is 3. The van der Waals surface area contributed by atoms with Gasteiger partial charge in [-0.25, -0.2) is 0 Å². The zero-order valence-electron chi connectivity index (χ0n) is 11.4. The van der Waals surface area contributed by atoms with Gasteiger partial charge in [-0.1, -0.05) is 12.1 Å². The summed E-state index contributed by atoms with van der Waals surface area (Å²) in [6.45, 7) is 0.632. The Kier molecular flexibility index (Phi) is 7.60.